The van der Waals surface area contributed by atoms with E-state index < -0.39 is 5.82 Å². The molecule has 108 valence electrons. The molecule has 0 saturated heterocycles. The van der Waals surface area contributed by atoms with Crippen LogP contribution in [0.1, 0.15) is 23.7 Å². The Hall–Kier alpha value is -2.68. The standard InChI is InChI=1S/C15H15FN4O/c1-4-21-14-6-5-11(7-13(14)16)18-15-12(8-17)9(2)10(3)19-20-15/h5-7H,4H2,1-3H3,(H,18,20). The van der Waals surface area contributed by atoms with Crippen LogP contribution in [0.15, 0.2) is 18.2 Å². The highest BCUT2D eigenvalue weighted by atomic mass is 19.1. The van der Waals surface area contributed by atoms with Crippen molar-refractivity contribution in [2.45, 2.75) is 20.8 Å². The van der Waals surface area contributed by atoms with Crippen LogP contribution in [0.25, 0.3) is 0 Å². The maximum atomic E-state index is 13.8. The molecule has 0 aliphatic heterocycles. The number of anilines is 2. The quantitative estimate of drug-likeness (QED) is 0.934. The molecule has 0 saturated carbocycles. The average molecular weight is 286 g/mol. The minimum atomic E-state index is -0.475. The van der Waals surface area contributed by atoms with Gasteiger partial charge in [-0.1, -0.05) is 0 Å². The van der Waals surface area contributed by atoms with Crippen LogP contribution in [0.3, 0.4) is 0 Å². The minimum Gasteiger partial charge on any atom is -0.491 e. The fraction of sp³-hybridized carbons (Fsp3) is 0.267. The Kier molecular flexibility index (Phi) is 4.33. The molecule has 0 aliphatic carbocycles. The van der Waals surface area contributed by atoms with Crippen LogP contribution in [-0.4, -0.2) is 16.8 Å². The van der Waals surface area contributed by atoms with E-state index in [1.54, 1.807) is 26.8 Å². The van der Waals surface area contributed by atoms with Gasteiger partial charge in [0.15, 0.2) is 17.4 Å². The molecule has 5 nitrogen and oxygen atoms in total. The normalized spacial score (nSPS) is 10.0. The van der Waals surface area contributed by atoms with E-state index in [1.807, 2.05) is 0 Å². The number of aryl methyl sites for hydroxylation is 1. The summed E-state index contributed by atoms with van der Waals surface area (Å²) in [7, 11) is 0. The van der Waals surface area contributed by atoms with E-state index >= 15 is 0 Å². The third-order valence-corrected chi connectivity index (χ3v) is 3.06. The minimum absolute atomic E-state index is 0.190. The molecule has 0 spiro atoms. The fourth-order valence-electron chi connectivity index (χ4n) is 1.82. The van der Waals surface area contributed by atoms with Crippen LogP contribution >= 0.6 is 0 Å². The number of ether oxygens (including phenoxy) is 1. The van der Waals surface area contributed by atoms with Crippen molar-refractivity contribution in [2.24, 2.45) is 0 Å². The highest BCUT2D eigenvalue weighted by Gasteiger charge is 2.12. The third-order valence-electron chi connectivity index (χ3n) is 3.06. The largest absolute Gasteiger partial charge is 0.491 e. The molecule has 0 fully saturated rings. The number of nitrogens with zero attached hydrogens (tertiary/aromatic N) is 3. The maximum absolute atomic E-state index is 13.8. The van der Waals surface area contributed by atoms with Crippen molar-refractivity contribution in [3.05, 3.63) is 40.8 Å². The van der Waals surface area contributed by atoms with Gasteiger partial charge < -0.3 is 10.1 Å². The van der Waals surface area contributed by atoms with Crippen LogP contribution < -0.4 is 10.1 Å². The van der Waals surface area contributed by atoms with E-state index in [4.69, 9.17) is 4.74 Å². The summed E-state index contributed by atoms with van der Waals surface area (Å²) >= 11 is 0. The Labute approximate surface area is 122 Å². The van der Waals surface area contributed by atoms with Gasteiger partial charge in [-0.3, -0.25) is 0 Å². The number of nitrogens with one attached hydrogen (secondary N) is 1. The fourth-order valence-corrected chi connectivity index (χ4v) is 1.82. The molecule has 0 aliphatic rings. The first-order valence-corrected chi connectivity index (χ1v) is 6.50. The second kappa shape index (κ2) is 6.18. The Morgan fingerprint density at radius 2 is 2.10 bits per heavy atom. The van der Waals surface area contributed by atoms with Crippen LogP contribution in [0.4, 0.5) is 15.9 Å². The van der Waals surface area contributed by atoms with Gasteiger partial charge in [0.2, 0.25) is 0 Å². The highest BCUT2D eigenvalue weighted by Crippen LogP contribution is 2.25. The summed E-state index contributed by atoms with van der Waals surface area (Å²) in [4.78, 5) is 0. The molecule has 1 heterocycles. The molecule has 0 radical (unpaired) electrons. The summed E-state index contributed by atoms with van der Waals surface area (Å²) in [6.45, 7) is 5.76. The summed E-state index contributed by atoms with van der Waals surface area (Å²) in [6.07, 6.45) is 0. The van der Waals surface area contributed by atoms with Crippen molar-refractivity contribution < 1.29 is 9.13 Å². The van der Waals surface area contributed by atoms with Crippen molar-refractivity contribution in [3.63, 3.8) is 0 Å². The van der Waals surface area contributed by atoms with Crippen LogP contribution in [0.5, 0.6) is 5.75 Å². The van der Waals surface area contributed by atoms with Crippen molar-refractivity contribution in [3.8, 4) is 11.8 Å². The first kappa shape index (κ1) is 14.7. The molecular weight excluding hydrogens is 271 g/mol. The van der Waals surface area contributed by atoms with Crippen LogP contribution in [-0.2, 0) is 0 Å². The van der Waals surface area contributed by atoms with E-state index in [0.717, 1.165) is 5.56 Å². The lowest BCUT2D eigenvalue weighted by atomic mass is 10.1. The molecule has 0 atom stereocenters. The zero-order chi connectivity index (χ0) is 15.4. The molecule has 1 aromatic heterocycles. The van der Waals surface area contributed by atoms with Crippen molar-refractivity contribution in [1.82, 2.24) is 10.2 Å². The smallest absolute Gasteiger partial charge is 0.171 e. The lowest BCUT2D eigenvalue weighted by molar-refractivity contribution is 0.321. The number of hydrogen-bond acceptors (Lipinski definition) is 5. The van der Waals surface area contributed by atoms with Gasteiger partial charge in [0.05, 0.1) is 12.3 Å². The zero-order valence-corrected chi connectivity index (χ0v) is 12.1. The van der Waals surface area contributed by atoms with Crippen molar-refractivity contribution in [1.29, 1.82) is 5.26 Å². The second-order valence-corrected chi connectivity index (χ2v) is 4.45. The van der Waals surface area contributed by atoms with E-state index in [2.05, 4.69) is 21.6 Å². The number of aromatic nitrogens is 2. The third kappa shape index (κ3) is 3.08. The number of nitriles is 1. The van der Waals surface area contributed by atoms with Gasteiger partial charge >= 0.3 is 0 Å². The topological polar surface area (TPSA) is 70.8 Å². The number of benzene rings is 1. The van der Waals surface area contributed by atoms with Gasteiger partial charge in [0, 0.05) is 11.8 Å². The summed E-state index contributed by atoms with van der Waals surface area (Å²) in [6, 6.07) is 6.57. The van der Waals surface area contributed by atoms with E-state index in [-0.39, 0.29) is 5.75 Å². The average Bonchev–Trinajstić information content (AvgIpc) is 2.46. The highest BCUT2D eigenvalue weighted by molar-refractivity contribution is 5.64. The molecule has 2 rings (SSSR count). The molecule has 0 bridgehead atoms. The van der Waals surface area contributed by atoms with Crippen LogP contribution in [0.2, 0.25) is 0 Å². The van der Waals surface area contributed by atoms with E-state index in [9.17, 15) is 9.65 Å². The first-order chi connectivity index (χ1) is 10.1. The lowest BCUT2D eigenvalue weighted by Gasteiger charge is -2.11. The SMILES string of the molecule is CCOc1ccc(Nc2nnc(C)c(C)c2C#N)cc1F. The summed E-state index contributed by atoms with van der Waals surface area (Å²) in [5.74, 6) is 0.0241. The Morgan fingerprint density at radius 3 is 2.71 bits per heavy atom. The van der Waals surface area contributed by atoms with Gasteiger partial charge in [-0.2, -0.15) is 10.4 Å². The predicted octanol–water partition coefficient (Wildman–Crippen LogP) is 3.25. The molecule has 6 heteroatoms. The molecule has 2 aromatic rings. The van der Waals surface area contributed by atoms with Crippen molar-refractivity contribution in [2.75, 3.05) is 11.9 Å². The lowest BCUT2D eigenvalue weighted by Crippen LogP contribution is -2.04. The Bertz CT molecular complexity index is 710. The van der Waals surface area contributed by atoms with Gasteiger partial charge in [-0.15, -0.1) is 5.10 Å². The van der Waals surface area contributed by atoms with Crippen molar-refractivity contribution >= 4 is 11.5 Å². The molecule has 1 aromatic carbocycles. The number of hydrogen-bond donors (Lipinski definition) is 1. The van der Waals surface area contributed by atoms with E-state index in [1.165, 1.54) is 12.1 Å². The van der Waals surface area contributed by atoms with Gasteiger partial charge in [0.1, 0.15) is 11.6 Å². The monoisotopic (exact) mass is 286 g/mol. The molecule has 21 heavy (non-hydrogen) atoms. The van der Waals surface area contributed by atoms with Gasteiger partial charge in [-0.25, -0.2) is 4.39 Å². The Morgan fingerprint density at radius 1 is 1.33 bits per heavy atom. The Balaban J connectivity index is 2.33. The number of halogens is 1. The molecule has 0 amide bonds. The first-order valence-electron chi connectivity index (χ1n) is 6.50. The summed E-state index contributed by atoms with van der Waals surface area (Å²) in [5, 5.41) is 20.1. The molecular formula is C15H15FN4O. The number of rotatable bonds is 4. The maximum Gasteiger partial charge on any atom is 0.171 e. The van der Waals surface area contributed by atoms with E-state index in [0.29, 0.717) is 29.4 Å². The van der Waals surface area contributed by atoms with Gasteiger partial charge in [0.25, 0.3) is 0 Å². The molecule has 0 unspecified atom stereocenters. The second-order valence-electron chi connectivity index (χ2n) is 4.45. The summed E-state index contributed by atoms with van der Waals surface area (Å²) < 4.78 is 18.9. The van der Waals surface area contributed by atoms with Crippen LogP contribution in [0, 0.1) is 31.0 Å². The predicted molar refractivity (Wildman–Crippen MR) is 77.1 cm³/mol. The molecule has 1 N–H and O–H groups in total. The zero-order valence-electron chi connectivity index (χ0n) is 12.1. The summed E-state index contributed by atoms with van der Waals surface area (Å²) in [5.41, 5.74) is 2.32. The van der Waals surface area contributed by atoms with Gasteiger partial charge in [-0.05, 0) is 38.5 Å².